The molecule has 1 N–H and O–H groups in total. The second-order valence-corrected chi connectivity index (χ2v) is 6.81. The minimum Gasteiger partial charge on any atom is -0.484 e. The van der Waals surface area contributed by atoms with E-state index in [-0.39, 0.29) is 24.1 Å². The third kappa shape index (κ3) is 5.44. The van der Waals surface area contributed by atoms with Crippen LogP contribution in [-0.4, -0.2) is 24.8 Å². The van der Waals surface area contributed by atoms with Gasteiger partial charge in [-0.05, 0) is 52.7 Å². The molecule has 0 aliphatic rings. The Morgan fingerprint density at radius 2 is 2.09 bits per heavy atom. The van der Waals surface area contributed by atoms with Crippen molar-refractivity contribution in [2.24, 2.45) is 0 Å². The minimum atomic E-state index is -0.377. The molecule has 1 amide bonds. The monoisotopic (exact) mass is 399 g/mol. The molecule has 1 aromatic heterocycles. The molecular formula is C16H15BrFNO3S. The van der Waals surface area contributed by atoms with Crippen molar-refractivity contribution in [1.29, 1.82) is 0 Å². The summed E-state index contributed by atoms with van der Waals surface area (Å²) in [4.78, 5) is 24.5. The number of benzene rings is 1. The van der Waals surface area contributed by atoms with Gasteiger partial charge in [0.05, 0.1) is 9.35 Å². The van der Waals surface area contributed by atoms with Crippen LogP contribution >= 0.6 is 27.3 Å². The van der Waals surface area contributed by atoms with E-state index in [0.29, 0.717) is 28.1 Å². The van der Waals surface area contributed by atoms with E-state index in [4.69, 9.17) is 4.74 Å². The second kappa shape index (κ2) is 8.21. The van der Waals surface area contributed by atoms with E-state index in [2.05, 4.69) is 21.2 Å². The highest BCUT2D eigenvalue weighted by Crippen LogP contribution is 2.26. The first kappa shape index (κ1) is 17.6. The highest BCUT2D eigenvalue weighted by molar-refractivity contribution is 9.10. The Kier molecular flexibility index (Phi) is 6.29. The lowest BCUT2D eigenvalue weighted by atomic mass is 10.3. The van der Waals surface area contributed by atoms with E-state index < -0.39 is 0 Å². The molecule has 0 aliphatic heterocycles. The normalized spacial score (nSPS) is 10.4. The van der Waals surface area contributed by atoms with E-state index in [1.54, 1.807) is 6.07 Å². The number of carbonyl (C=O) groups excluding carboxylic acids is 2. The summed E-state index contributed by atoms with van der Waals surface area (Å²) in [5.41, 5.74) is 0. The van der Waals surface area contributed by atoms with Gasteiger partial charge in [-0.15, -0.1) is 11.3 Å². The van der Waals surface area contributed by atoms with Crippen LogP contribution in [0.5, 0.6) is 5.75 Å². The number of hydrogen-bond donors (Lipinski definition) is 1. The van der Waals surface area contributed by atoms with Crippen molar-refractivity contribution in [3.63, 3.8) is 0 Å². The molecule has 0 fully saturated rings. The number of rotatable bonds is 7. The van der Waals surface area contributed by atoms with Gasteiger partial charge in [-0.1, -0.05) is 0 Å². The molecular weight excluding hydrogens is 385 g/mol. The summed E-state index contributed by atoms with van der Waals surface area (Å²) in [5, 5.41) is 2.71. The first-order chi connectivity index (χ1) is 11.0. The Hall–Kier alpha value is -1.73. The molecule has 0 unspecified atom stereocenters. The smallest absolute Gasteiger partial charge is 0.216 e. The molecule has 23 heavy (non-hydrogen) atoms. The van der Waals surface area contributed by atoms with Crippen molar-refractivity contribution in [3.8, 4) is 5.75 Å². The molecule has 0 bridgehead atoms. The van der Waals surface area contributed by atoms with Crippen molar-refractivity contribution in [1.82, 2.24) is 5.32 Å². The van der Waals surface area contributed by atoms with Crippen LogP contribution < -0.4 is 10.1 Å². The maximum Gasteiger partial charge on any atom is 0.216 e. The highest BCUT2D eigenvalue weighted by atomic mass is 79.9. The number of halogens is 2. The van der Waals surface area contributed by atoms with Crippen LogP contribution in [-0.2, 0) is 11.2 Å². The zero-order valence-electron chi connectivity index (χ0n) is 12.4. The average molecular weight is 400 g/mol. The Morgan fingerprint density at radius 1 is 1.30 bits per heavy atom. The fourth-order valence-corrected chi connectivity index (χ4v) is 3.23. The maximum atomic E-state index is 13.0. The van der Waals surface area contributed by atoms with Gasteiger partial charge in [0.1, 0.15) is 11.6 Å². The van der Waals surface area contributed by atoms with Crippen LogP contribution in [0, 0.1) is 5.82 Å². The molecule has 7 heteroatoms. The van der Waals surface area contributed by atoms with Crippen LogP contribution in [0.3, 0.4) is 0 Å². The maximum absolute atomic E-state index is 13.0. The predicted molar refractivity (Wildman–Crippen MR) is 90.6 cm³/mol. The van der Waals surface area contributed by atoms with Crippen molar-refractivity contribution in [3.05, 3.63) is 50.4 Å². The number of ether oxygens (including phenoxy) is 1. The number of nitrogens with one attached hydrogen (secondary N) is 1. The van der Waals surface area contributed by atoms with Crippen LogP contribution in [0.15, 0.2) is 34.8 Å². The quantitative estimate of drug-likeness (QED) is 0.723. The summed E-state index contributed by atoms with van der Waals surface area (Å²) in [6, 6.07) is 7.65. The van der Waals surface area contributed by atoms with Gasteiger partial charge in [0.15, 0.2) is 6.61 Å². The fourth-order valence-electron chi connectivity index (χ4n) is 1.83. The lowest BCUT2D eigenvalue weighted by Crippen LogP contribution is -2.22. The van der Waals surface area contributed by atoms with E-state index in [1.165, 1.54) is 36.5 Å². The minimum absolute atomic E-state index is 0.0730. The van der Waals surface area contributed by atoms with Crippen molar-refractivity contribution in [2.45, 2.75) is 13.3 Å². The third-order valence-electron chi connectivity index (χ3n) is 2.93. The molecule has 0 saturated carbocycles. The number of carbonyl (C=O) groups is 2. The molecule has 2 rings (SSSR count). The predicted octanol–water partition coefficient (Wildman–Crippen LogP) is 3.59. The number of hydrogen-bond acceptors (Lipinski definition) is 4. The van der Waals surface area contributed by atoms with Crippen molar-refractivity contribution < 1.29 is 18.7 Å². The first-order valence-electron chi connectivity index (χ1n) is 6.90. The molecule has 0 spiro atoms. The fraction of sp³-hybridized carbons (Fsp3) is 0.250. The van der Waals surface area contributed by atoms with Gasteiger partial charge in [-0.3, -0.25) is 9.59 Å². The van der Waals surface area contributed by atoms with Crippen LogP contribution in [0.25, 0.3) is 0 Å². The Morgan fingerprint density at radius 3 is 2.78 bits per heavy atom. The molecule has 0 aliphatic carbocycles. The third-order valence-corrected chi connectivity index (χ3v) is 4.74. The summed E-state index contributed by atoms with van der Waals surface area (Å²) in [6.07, 6.45) is 0.682. The van der Waals surface area contributed by atoms with Crippen LogP contribution in [0.4, 0.5) is 4.39 Å². The van der Waals surface area contributed by atoms with E-state index in [1.807, 2.05) is 6.07 Å². The Bertz CT molecular complexity index is 717. The summed E-state index contributed by atoms with van der Waals surface area (Å²) in [5.74, 6) is -0.173. The number of thiophene rings is 1. The van der Waals surface area contributed by atoms with Gasteiger partial charge in [-0.2, -0.15) is 0 Å². The average Bonchev–Trinajstić information content (AvgIpc) is 2.94. The topological polar surface area (TPSA) is 55.4 Å². The molecule has 2 aromatic rings. The SMILES string of the molecule is CC(=O)NCCc1ccc(C(=O)COc2ccc(F)cc2Br)s1. The van der Waals surface area contributed by atoms with Crippen molar-refractivity contribution >= 4 is 39.0 Å². The standard InChI is InChI=1S/C16H15BrFNO3S/c1-10(20)19-7-6-12-3-5-16(23-12)14(21)9-22-15-4-2-11(18)8-13(15)17/h2-5,8H,6-7,9H2,1H3,(H,19,20). The molecule has 122 valence electrons. The molecule has 0 atom stereocenters. The zero-order chi connectivity index (χ0) is 16.8. The van der Waals surface area contributed by atoms with Gasteiger partial charge < -0.3 is 10.1 Å². The number of amides is 1. The second-order valence-electron chi connectivity index (χ2n) is 4.79. The summed E-state index contributed by atoms with van der Waals surface area (Å²) < 4.78 is 18.9. The van der Waals surface area contributed by atoms with Crippen LogP contribution in [0.2, 0.25) is 0 Å². The number of Topliss-reactive ketones (excluding diaryl/α,β-unsaturated/α-hetero) is 1. The highest BCUT2D eigenvalue weighted by Gasteiger charge is 2.12. The first-order valence-corrected chi connectivity index (χ1v) is 8.51. The van der Waals surface area contributed by atoms with Gasteiger partial charge in [0.25, 0.3) is 0 Å². The molecule has 4 nitrogen and oxygen atoms in total. The molecule has 0 saturated heterocycles. The Labute approximate surface area is 145 Å². The van der Waals surface area contributed by atoms with Gasteiger partial charge in [0, 0.05) is 18.3 Å². The van der Waals surface area contributed by atoms with Gasteiger partial charge in [0.2, 0.25) is 11.7 Å². The van der Waals surface area contributed by atoms with Gasteiger partial charge >= 0.3 is 0 Å². The van der Waals surface area contributed by atoms with Crippen molar-refractivity contribution in [2.75, 3.05) is 13.2 Å². The lowest BCUT2D eigenvalue weighted by Gasteiger charge is -2.06. The van der Waals surface area contributed by atoms with E-state index in [9.17, 15) is 14.0 Å². The van der Waals surface area contributed by atoms with E-state index >= 15 is 0 Å². The number of ketones is 1. The largest absolute Gasteiger partial charge is 0.484 e. The molecule has 1 heterocycles. The zero-order valence-corrected chi connectivity index (χ0v) is 14.8. The van der Waals surface area contributed by atoms with E-state index in [0.717, 1.165) is 4.88 Å². The molecule has 0 radical (unpaired) electrons. The summed E-state index contributed by atoms with van der Waals surface area (Å²) in [6.45, 7) is 1.90. The Balaban J connectivity index is 1.88. The lowest BCUT2D eigenvalue weighted by molar-refractivity contribution is -0.118. The van der Waals surface area contributed by atoms with Gasteiger partial charge in [-0.25, -0.2) is 4.39 Å². The summed E-state index contributed by atoms with van der Waals surface area (Å²) >= 11 is 4.57. The molecule has 1 aromatic carbocycles. The summed E-state index contributed by atoms with van der Waals surface area (Å²) in [7, 11) is 0. The van der Waals surface area contributed by atoms with Crippen LogP contribution in [0.1, 0.15) is 21.5 Å².